The lowest BCUT2D eigenvalue weighted by molar-refractivity contribution is 0.0569. The molecule has 0 bridgehead atoms. The van der Waals surface area contributed by atoms with Crippen molar-refractivity contribution in [3.63, 3.8) is 0 Å². The summed E-state index contributed by atoms with van der Waals surface area (Å²) in [5, 5.41) is 3.69. The van der Waals surface area contributed by atoms with Crippen molar-refractivity contribution in [1.29, 1.82) is 0 Å². The van der Waals surface area contributed by atoms with Gasteiger partial charge in [0.15, 0.2) is 0 Å². The Morgan fingerprint density at radius 1 is 0.927 bits per heavy atom. The summed E-state index contributed by atoms with van der Waals surface area (Å²) in [6.07, 6.45) is 2.27. The predicted octanol–water partition coefficient (Wildman–Crippen LogP) is 5.69. The Kier molecular flexibility index (Phi) is 9.73. The van der Waals surface area contributed by atoms with Crippen molar-refractivity contribution >= 4 is 16.3 Å². The molecular formula is C32H41N3O5S. The Hall–Kier alpha value is -3.40. The quantitative estimate of drug-likeness (QED) is 0.285. The third-order valence-electron chi connectivity index (χ3n) is 7.50. The highest BCUT2D eigenvalue weighted by Gasteiger charge is 2.38. The molecule has 220 valence electrons. The zero-order valence-electron chi connectivity index (χ0n) is 24.3. The topological polar surface area (TPSA) is 106 Å². The molecule has 9 heteroatoms. The lowest BCUT2D eigenvalue weighted by Crippen LogP contribution is -2.50. The number of amides is 1. The van der Waals surface area contributed by atoms with E-state index in [0.29, 0.717) is 6.04 Å². The predicted molar refractivity (Wildman–Crippen MR) is 162 cm³/mol. The zero-order chi connectivity index (χ0) is 29.5. The van der Waals surface area contributed by atoms with Gasteiger partial charge in [0.25, 0.3) is 0 Å². The van der Waals surface area contributed by atoms with E-state index in [1.54, 1.807) is 27.9 Å². The average molecular weight is 580 g/mol. The maximum atomic E-state index is 12.7. The lowest BCUT2D eigenvalue weighted by Gasteiger charge is -2.41. The summed E-state index contributed by atoms with van der Waals surface area (Å²) >= 11 is 0. The van der Waals surface area contributed by atoms with Gasteiger partial charge in [0.2, 0.25) is 0 Å². The third-order valence-corrected chi connectivity index (χ3v) is 8.46. The molecule has 0 radical (unpaired) electrons. The van der Waals surface area contributed by atoms with E-state index in [0.717, 1.165) is 43.5 Å². The summed E-state index contributed by atoms with van der Waals surface area (Å²) in [5.74, 6) is 0.718. The number of nitrogens with one attached hydrogen (secondary N) is 3. The van der Waals surface area contributed by atoms with Crippen LogP contribution in [-0.4, -0.2) is 39.8 Å². The number of benzene rings is 3. The molecule has 0 heterocycles. The van der Waals surface area contributed by atoms with E-state index < -0.39 is 27.3 Å². The maximum Gasteiger partial charge on any atom is 0.422 e. The van der Waals surface area contributed by atoms with Gasteiger partial charge in [-0.15, -0.1) is 0 Å². The minimum absolute atomic E-state index is 0.145. The molecule has 8 nitrogen and oxygen atoms in total. The van der Waals surface area contributed by atoms with Crippen LogP contribution >= 0.6 is 0 Å². The Morgan fingerprint density at radius 3 is 2.22 bits per heavy atom. The van der Waals surface area contributed by atoms with E-state index in [4.69, 9.17) is 9.47 Å². The van der Waals surface area contributed by atoms with Crippen LogP contribution in [0.4, 0.5) is 4.79 Å². The first-order valence-electron chi connectivity index (χ1n) is 14.0. The van der Waals surface area contributed by atoms with Gasteiger partial charge in [-0.1, -0.05) is 66.7 Å². The molecule has 3 aromatic rings. The van der Waals surface area contributed by atoms with E-state index >= 15 is 0 Å². The second-order valence-electron chi connectivity index (χ2n) is 11.7. The smallest absolute Gasteiger partial charge is 0.422 e. The first kappa shape index (κ1) is 30.6. The van der Waals surface area contributed by atoms with E-state index in [2.05, 4.69) is 46.4 Å². The molecule has 0 unspecified atom stereocenters. The fraction of sp³-hybridized carbons (Fsp3) is 0.406. The second-order valence-corrected chi connectivity index (χ2v) is 13.2. The van der Waals surface area contributed by atoms with Crippen molar-refractivity contribution in [2.75, 3.05) is 13.7 Å². The van der Waals surface area contributed by atoms with Gasteiger partial charge in [0.1, 0.15) is 11.4 Å². The van der Waals surface area contributed by atoms with Crippen LogP contribution in [-0.2, 0) is 26.9 Å². The molecular weight excluding hydrogens is 538 g/mol. The number of carbonyl (C=O) groups excluding carboxylic acids is 1. The molecule has 0 saturated heterocycles. The second kappa shape index (κ2) is 13.1. The summed E-state index contributed by atoms with van der Waals surface area (Å²) in [7, 11) is -2.50. The Bertz CT molecular complexity index is 1400. The molecule has 4 rings (SSSR count). The number of carbonyl (C=O) groups is 1. The number of hydrogen-bond donors (Lipinski definition) is 3. The molecule has 1 saturated carbocycles. The molecule has 1 aliphatic rings. The van der Waals surface area contributed by atoms with Gasteiger partial charge >= 0.3 is 16.3 Å². The van der Waals surface area contributed by atoms with Crippen LogP contribution < -0.4 is 19.5 Å². The molecule has 1 amide bonds. The number of hydrogen-bond acceptors (Lipinski definition) is 6. The summed E-state index contributed by atoms with van der Waals surface area (Å²) in [6, 6.07) is 27.0. The van der Waals surface area contributed by atoms with Crippen molar-refractivity contribution in [2.45, 2.75) is 70.1 Å². The Balaban J connectivity index is 1.39. The van der Waals surface area contributed by atoms with Crippen LogP contribution in [0.2, 0.25) is 0 Å². The van der Waals surface area contributed by atoms with Gasteiger partial charge in [0.05, 0.1) is 7.11 Å². The van der Waals surface area contributed by atoms with Gasteiger partial charge in [-0.25, -0.2) is 9.52 Å². The summed E-state index contributed by atoms with van der Waals surface area (Å²) in [5.41, 5.74) is 3.36. The van der Waals surface area contributed by atoms with Crippen LogP contribution in [0.15, 0.2) is 78.9 Å². The Morgan fingerprint density at radius 2 is 1.59 bits per heavy atom. The molecule has 0 spiro atoms. The van der Waals surface area contributed by atoms with Gasteiger partial charge in [-0.3, -0.25) is 0 Å². The third kappa shape index (κ3) is 8.79. The van der Waals surface area contributed by atoms with Crippen LogP contribution in [0.1, 0.15) is 57.6 Å². The fourth-order valence-corrected chi connectivity index (χ4v) is 6.08. The van der Waals surface area contributed by atoms with E-state index in [-0.39, 0.29) is 6.54 Å². The Labute approximate surface area is 244 Å². The van der Waals surface area contributed by atoms with Crippen molar-refractivity contribution in [1.82, 2.24) is 14.8 Å². The number of ether oxygens (including phenoxy) is 2. The first-order valence-corrected chi connectivity index (χ1v) is 15.5. The van der Waals surface area contributed by atoms with E-state index in [1.165, 1.54) is 16.7 Å². The monoisotopic (exact) mass is 579 g/mol. The fourth-order valence-electron chi connectivity index (χ4n) is 5.28. The van der Waals surface area contributed by atoms with Crippen molar-refractivity contribution < 1.29 is 22.7 Å². The highest BCUT2D eigenvalue weighted by atomic mass is 32.2. The molecule has 0 aliphatic heterocycles. The van der Waals surface area contributed by atoms with Crippen LogP contribution in [0, 0.1) is 0 Å². The van der Waals surface area contributed by atoms with Crippen LogP contribution in [0.25, 0.3) is 11.1 Å². The van der Waals surface area contributed by atoms with Gasteiger partial charge in [-0.2, -0.15) is 13.1 Å². The molecule has 41 heavy (non-hydrogen) atoms. The molecule has 0 aromatic heterocycles. The minimum Gasteiger partial charge on any atom is -0.497 e. The van der Waals surface area contributed by atoms with Gasteiger partial charge in [0, 0.05) is 24.5 Å². The number of methoxy groups -OCH3 is 1. The van der Waals surface area contributed by atoms with Crippen molar-refractivity contribution in [3.8, 4) is 16.9 Å². The number of rotatable bonds is 10. The lowest BCUT2D eigenvalue weighted by atomic mass is 9.68. The van der Waals surface area contributed by atoms with Gasteiger partial charge in [-0.05, 0) is 80.8 Å². The van der Waals surface area contributed by atoms with Gasteiger partial charge < -0.3 is 14.8 Å². The minimum atomic E-state index is -4.12. The molecule has 3 N–H and O–H groups in total. The maximum absolute atomic E-state index is 12.7. The van der Waals surface area contributed by atoms with Crippen molar-refractivity contribution in [2.24, 2.45) is 0 Å². The molecule has 1 fully saturated rings. The summed E-state index contributed by atoms with van der Waals surface area (Å²) in [4.78, 5) is 12.1. The van der Waals surface area contributed by atoms with Crippen molar-refractivity contribution in [3.05, 3.63) is 90.0 Å². The summed E-state index contributed by atoms with van der Waals surface area (Å²) in [6.45, 7) is 5.94. The largest absolute Gasteiger partial charge is 0.497 e. The molecule has 3 aromatic carbocycles. The van der Waals surface area contributed by atoms with Crippen LogP contribution in [0.3, 0.4) is 0 Å². The highest BCUT2D eigenvalue weighted by Crippen LogP contribution is 2.40. The standard InChI is InChI=1S/C32H41N3O5S/c1-31(2,3)40-30(36)35-41(37,38)34-23-32(27-11-8-12-29(21-27)39-4)19-17-28(18-20-32)33-22-24-13-15-26(16-14-24)25-9-6-5-7-10-25/h5-16,21,28,33-34H,17-20,22-23H2,1-4H3,(H,35,36)/t28-,32-. The summed E-state index contributed by atoms with van der Waals surface area (Å²) < 4.78 is 40.6. The van der Waals surface area contributed by atoms with E-state index in [9.17, 15) is 13.2 Å². The average Bonchev–Trinajstić information content (AvgIpc) is 2.95. The van der Waals surface area contributed by atoms with Crippen LogP contribution in [0.5, 0.6) is 5.75 Å². The SMILES string of the molecule is COc1cccc([C@]2(CNS(=O)(=O)NC(=O)OC(C)(C)C)CC[C@@H](NCc3ccc(-c4ccccc4)cc3)CC2)c1. The normalized spacial score (nSPS) is 19.4. The highest BCUT2D eigenvalue weighted by molar-refractivity contribution is 7.88. The zero-order valence-corrected chi connectivity index (χ0v) is 25.1. The molecule has 1 aliphatic carbocycles. The van der Waals surface area contributed by atoms with E-state index in [1.807, 2.05) is 47.2 Å². The first-order chi connectivity index (χ1) is 19.5. The molecule has 0 atom stereocenters.